The minimum absolute atomic E-state index is 0.116. The monoisotopic (exact) mass is 349 g/mol. The number of carbonyl (C=O) groups excluding carboxylic acids is 2. The molecule has 24 heavy (non-hydrogen) atoms. The van der Waals surface area contributed by atoms with Crippen LogP contribution in [0.3, 0.4) is 0 Å². The molecule has 2 unspecified atom stereocenters. The first-order chi connectivity index (χ1) is 11.4. The van der Waals surface area contributed by atoms with Crippen LogP contribution in [0.15, 0.2) is 29.5 Å². The van der Waals surface area contributed by atoms with Crippen LogP contribution in [-0.2, 0) is 9.53 Å². The molecule has 1 aromatic rings. The number of benzene rings is 1. The predicted molar refractivity (Wildman–Crippen MR) is 86.9 cm³/mol. The zero-order chi connectivity index (χ0) is 17.4. The molecule has 0 aromatic heterocycles. The lowest BCUT2D eigenvalue weighted by molar-refractivity contribution is -0.385. The number of hydrogen-bond acceptors (Lipinski definition) is 5. The number of halogens is 1. The van der Waals surface area contributed by atoms with Crippen molar-refractivity contribution in [3.05, 3.63) is 50.2 Å². The van der Waals surface area contributed by atoms with Crippen LogP contribution in [-0.4, -0.2) is 23.6 Å². The number of ketones is 2. The number of fused-ring (bicyclic) bond motifs is 1. The van der Waals surface area contributed by atoms with Gasteiger partial charge < -0.3 is 4.74 Å². The molecule has 1 aromatic carbocycles. The number of nitrogens with zero attached hydrogens (tertiary/aromatic N) is 1. The number of ether oxygens (including phenoxy) is 1. The van der Waals surface area contributed by atoms with Crippen LogP contribution < -0.4 is 0 Å². The van der Waals surface area contributed by atoms with E-state index in [1.165, 1.54) is 19.2 Å². The molecule has 0 heterocycles. The second kappa shape index (κ2) is 6.36. The third-order valence-corrected chi connectivity index (χ3v) is 4.98. The Hall–Kier alpha value is -2.21. The fourth-order valence-electron chi connectivity index (χ4n) is 3.69. The molecule has 6 nitrogen and oxygen atoms in total. The van der Waals surface area contributed by atoms with Gasteiger partial charge in [0, 0.05) is 17.5 Å². The van der Waals surface area contributed by atoms with Gasteiger partial charge in [-0.1, -0.05) is 11.6 Å². The van der Waals surface area contributed by atoms with Crippen LogP contribution in [0.1, 0.15) is 36.0 Å². The maximum absolute atomic E-state index is 12.9. The third-order valence-electron chi connectivity index (χ3n) is 4.74. The molecule has 1 saturated carbocycles. The van der Waals surface area contributed by atoms with Gasteiger partial charge in [0.2, 0.25) is 0 Å². The van der Waals surface area contributed by atoms with Crippen molar-refractivity contribution in [2.24, 2.45) is 11.8 Å². The molecular formula is C17H16ClNO5. The zero-order valence-electron chi connectivity index (χ0n) is 13.1. The molecule has 0 saturated heterocycles. The van der Waals surface area contributed by atoms with Gasteiger partial charge in [0.15, 0.2) is 11.6 Å². The van der Waals surface area contributed by atoms with E-state index in [4.69, 9.17) is 16.3 Å². The maximum Gasteiger partial charge on any atom is 0.281 e. The number of allylic oxidation sites excluding steroid dienone is 2. The lowest BCUT2D eigenvalue weighted by Gasteiger charge is -2.28. The highest BCUT2D eigenvalue weighted by Gasteiger charge is 2.44. The third kappa shape index (κ3) is 2.71. The topological polar surface area (TPSA) is 86.5 Å². The van der Waals surface area contributed by atoms with Gasteiger partial charge in [-0.3, -0.25) is 19.7 Å². The number of carbonyl (C=O) groups is 2. The number of rotatable bonds is 4. The van der Waals surface area contributed by atoms with Crippen molar-refractivity contribution in [3.63, 3.8) is 0 Å². The summed E-state index contributed by atoms with van der Waals surface area (Å²) in [6, 6.07) is 3.84. The minimum atomic E-state index is -1.10. The molecule has 2 atom stereocenters. The number of nitro groups is 1. The molecule has 0 N–H and O–H groups in total. The minimum Gasteiger partial charge on any atom is -0.500 e. The first-order valence-electron chi connectivity index (χ1n) is 7.71. The SMILES string of the molecule is COC1=C2CCCC2CC(=O)C1C(=O)c1ccc(Cl)cc1[N+](=O)[O-]. The lowest BCUT2D eigenvalue weighted by Crippen LogP contribution is -2.33. The van der Waals surface area contributed by atoms with E-state index in [9.17, 15) is 19.7 Å². The second-order valence-electron chi connectivity index (χ2n) is 6.07. The van der Waals surface area contributed by atoms with E-state index in [1.807, 2.05) is 0 Å². The van der Waals surface area contributed by atoms with Crippen molar-refractivity contribution in [2.45, 2.75) is 25.7 Å². The van der Waals surface area contributed by atoms with Crippen LogP contribution in [0.4, 0.5) is 5.69 Å². The molecule has 1 fully saturated rings. The van der Waals surface area contributed by atoms with Crippen LogP contribution in [0.25, 0.3) is 0 Å². The average Bonchev–Trinajstić information content (AvgIpc) is 3.00. The molecule has 0 amide bonds. The molecule has 0 radical (unpaired) electrons. The number of methoxy groups -OCH3 is 1. The van der Waals surface area contributed by atoms with Crippen LogP contribution in [0.2, 0.25) is 5.02 Å². The molecule has 2 aliphatic carbocycles. The highest BCUT2D eigenvalue weighted by molar-refractivity contribution is 6.31. The first-order valence-corrected chi connectivity index (χ1v) is 8.09. The molecule has 2 aliphatic rings. The molecule has 7 heteroatoms. The van der Waals surface area contributed by atoms with Gasteiger partial charge in [-0.05, 0) is 42.9 Å². The lowest BCUT2D eigenvalue weighted by atomic mass is 9.78. The summed E-state index contributed by atoms with van der Waals surface area (Å²) >= 11 is 5.79. The Morgan fingerprint density at radius 2 is 2.17 bits per heavy atom. The highest BCUT2D eigenvalue weighted by atomic mass is 35.5. The summed E-state index contributed by atoms with van der Waals surface area (Å²) in [4.78, 5) is 36.0. The summed E-state index contributed by atoms with van der Waals surface area (Å²) in [6.07, 6.45) is 2.96. The van der Waals surface area contributed by atoms with E-state index in [1.54, 1.807) is 0 Å². The standard InChI is InChI=1S/C17H16ClNO5/c1-24-17-11-4-2-3-9(11)7-14(20)15(17)16(21)12-6-5-10(18)8-13(12)19(22)23/h5-6,8-9,15H,2-4,7H2,1H3. The van der Waals surface area contributed by atoms with E-state index in [0.29, 0.717) is 12.2 Å². The predicted octanol–water partition coefficient (Wildman–Crippen LogP) is 3.72. The largest absolute Gasteiger partial charge is 0.500 e. The molecule has 0 spiro atoms. The smallest absolute Gasteiger partial charge is 0.281 e. The van der Waals surface area contributed by atoms with E-state index >= 15 is 0 Å². The van der Waals surface area contributed by atoms with Gasteiger partial charge in [0.25, 0.3) is 5.69 Å². The van der Waals surface area contributed by atoms with Gasteiger partial charge >= 0.3 is 0 Å². The number of nitro benzene ring substituents is 1. The highest BCUT2D eigenvalue weighted by Crippen LogP contribution is 2.44. The number of hydrogen-bond donors (Lipinski definition) is 0. The van der Waals surface area contributed by atoms with Crippen LogP contribution >= 0.6 is 11.6 Å². The Bertz CT molecular complexity index is 770. The van der Waals surface area contributed by atoms with Gasteiger partial charge in [-0.15, -0.1) is 0 Å². The van der Waals surface area contributed by atoms with E-state index in [2.05, 4.69) is 0 Å². The van der Waals surface area contributed by atoms with E-state index < -0.39 is 22.3 Å². The zero-order valence-corrected chi connectivity index (χ0v) is 13.8. The Labute approximate surface area is 143 Å². The van der Waals surface area contributed by atoms with Crippen molar-refractivity contribution in [1.29, 1.82) is 0 Å². The maximum atomic E-state index is 12.9. The van der Waals surface area contributed by atoms with Crippen molar-refractivity contribution in [1.82, 2.24) is 0 Å². The quantitative estimate of drug-likeness (QED) is 0.358. The second-order valence-corrected chi connectivity index (χ2v) is 6.51. The summed E-state index contributed by atoms with van der Waals surface area (Å²) in [6.45, 7) is 0. The molecule has 0 aliphatic heterocycles. The fourth-order valence-corrected chi connectivity index (χ4v) is 3.86. The summed E-state index contributed by atoms with van der Waals surface area (Å²) in [7, 11) is 1.44. The Morgan fingerprint density at radius 1 is 1.42 bits per heavy atom. The molecule has 0 bridgehead atoms. The van der Waals surface area contributed by atoms with Crippen LogP contribution in [0.5, 0.6) is 0 Å². The van der Waals surface area contributed by atoms with E-state index in [0.717, 1.165) is 30.9 Å². The Morgan fingerprint density at radius 3 is 2.83 bits per heavy atom. The van der Waals surface area contributed by atoms with Crippen molar-refractivity contribution in [2.75, 3.05) is 7.11 Å². The Balaban J connectivity index is 2.08. The van der Waals surface area contributed by atoms with Gasteiger partial charge in [-0.25, -0.2) is 0 Å². The molecule has 3 rings (SSSR count). The van der Waals surface area contributed by atoms with Crippen molar-refractivity contribution < 1.29 is 19.2 Å². The average molecular weight is 350 g/mol. The normalized spacial score (nSPS) is 23.2. The summed E-state index contributed by atoms with van der Waals surface area (Å²) in [5, 5.41) is 11.4. The van der Waals surface area contributed by atoms with Crippen molar-refractivity contribution >= 4 is 28.9 Å². The first kappa shape index (κ1) is 16.6. The van der Waals surface area contributed by atoms with Gasteiger partial charge in [0.1, 0.15) is 11.7 Å². The fraction of sp³-hybridized carbons (Fsp3) is 0.412. The van der Waals surface area contributed by atoms with Crippen molar-refractivity contribution in [3.8, 4) is 0 Å². The summed E-state index contributed by atoms with van der Waals surface area (Å²) in [5.41, 5.74) is 0.496. The number of Topliss-reactive ketones (excluding diaryl/α,β-unsaturated/α-hetero) is 2. The summed E-state index contributed by atoms with van der Waals surface area (Å²) < 4.78 is 5.40. The van der Waals surface area contributed by atoms with Crippen LogP contribution in [0, 0.1) is 22.0 Å². The Kier molecular flexibility index (Phi) is 4.41. The summed E-state index contributed by atoms with van der Waals surface area (Å²) in [5.74, 6) is -1.42. The van der Waals surface area contributed by atoms with Gasteiger partial charge in [0.05, 0.1) is 17.6 Å². The molecular weight excluding hydrogens is 334 g/mol. The van der Waals surface area contributed by atoms with E-state index in [-0.39, 0.29) is 22.3 Å². The van der Waals surface area contributed by atoms with Gasteiger partial charge in [-0.2, -0.15) is 0 Å². The molecule has 126 valence electrons.